The predicted molar refractivity (Wildman–Crippen MR) is 143 cm³/mol. The molecule has 0 aromatic rings. The highest BCUT2D eigenvalue weighted by atomic mass is 19.1. The number of carbonyl (C=O) groups excluding carboxylic acids is 2. The molecule has 0 aromatic carbocycles. The first kappa shape index (κ1) is 27.8. The van der Waals surface area contributed by atoms with Gasteiger partial charge in [0, 0.05) is 6.42 Å². The zero-order valence-corrected chi connectivity index (χ0v) is 24.0. The molecule has 36 heavy (non-hydrogen) atoms. The second kappa shape index (κ2) is 10.2. The molecule has 0 amide bonds. The Morgan fingerprint density at radius 2 is 1.81 bits per heavy atom. The van der Waals surface area contributed by atoms with Gasteiger partial charge >= 0.3 is 5.97 Å². The third-order valence-electron chi connectivity index (χ3n) is 11.6. The van der Waals surface area contributed by atoms with Crippen molar-refractivity contribution in [3.05, 3.63) is 11.6 Å². The fraction of sp³-hybridized carbons (Fsp3) is 0.875. The van der Waals surface area contributed by atoms with Crippen molar-refractivity contribution in [1.29, 1.82) is 0 Å². The summed E-state index contributed by atoms with van der Waals surface area (Å²) in [6.07, 6.45) is 15.2. The van der Waals surface area contributed by atoms with Crippen LogP contribution in [0.4, 0.5) is 4.39 Å². The number of Topliss-reactive ketones (excluding diaryl/α,β-unsaturated/α-hetero) is 1. The average Bonchev–Trinajstić information content (AvgIpc) is 3.16. The van der Waals surface area contributed by atoms with Crippen LogP contribution >= 0.6 is 0 Å². The fourth-order valence-corrected chi connectivity index (χ4v) is 9.16. The van der Waals surface area contributed by atoms with Crippen molar-refractivity contribution in [2.24, 2.45) is 46.3 Å². The number of rotatable bonds is 8. The maximum Gasteiger partial charge on any atom is 0.351 e. The van der Waals surface area contributed by atoms with Crippen LogP contribution in [0.2, 0.25) is 0 Å². The number of halogens is 1. The van der Waals surface area contributed by atoms with Crippen LogP contribution in [0.1, 0.15) is 119 Å². The third kappa shape index (κ3) is 4.84. The lowest BCUT2D eigenvalue weighted by Gasteiger charge is -2.58. The number of ketones is 1. The van der Waals surface area contributed by atoms with Crippen molar-refractivity contribution < 1.29 is 18.7 Å². The summed E-state index contributed by atoms with van der Waals surface area (Å²) >= 11 is 0. The maximum atomic E-state index is 14.5. The molecule has 204 valence electrons. The van der Waals surface area contributed by atoms with E-state index >= 15 is 0 Å². The number of carbonyl (C=O) groups is 2. The first-order valence-electron chi connectivity index (χ1n) is 14.9. The highest BCUT2D eigenvalue weighted by molar-refractivity contribution is 6.05. The first-order chi connectivity index (χ1) is 16.8. The Morgan fingerprint density at radius 1 is 1.08 bits per heavy atom. The summed E-state index contributed by atoms with van der Waals surface area (Å²) in [6, 6.07) is 0. The molecule has 4 aliphatic rings. The van der Waals surface area contributed by atoms with E-state index in [1.54, 1.807) is 0 Å². The van der Waals surface area contributed by atoms with Gasteiger partial charge in [-0.05, 0) is 105 Å². The van der Waals surface area contributed by atoms with E-state index in [2.05, 4.69) is 40.7 Å². The van der Waals surface area contributed by atoms with Crippen LogP contribution in [0.5, 0.6) is 0 Å². The summed E-state index contributed by atoms with van der Waals surface area (Å²) in [5.41, 5.74) is -0.499. The molecule has 3 nitrogen and oxygen atoms in total. The van der Waals surface area contributed by atoms with Gasteiger partial charge in [0.05, 0.1) is 0 Å². The molecule has 4 aliphatic carbocycles. The molecule has 0 bridgehead atoms. The molecule has 3 fully saturated rings. The molecule has 9 atom stereocenters. The van der Waals surface area contributed by atoms with Crippen molar-refractivity contribution in [3.63, 3.8) is 0 Å². The van der Waals surface area contributed by atoms with Gasteiger partial charge in [0.2, 0.25) is 0 Å². The van der Waals surface area contributed by atoms with Crippen molar-refractivity contribution in [1.82, 2.24) is 0 Å². The summed E-state index contributed by atoms with van der Waals surface area (Å²) in [5, 5.41) is 0. The van der Waals surface area contributed by atoms with E-state index in [1.165, 1.54) is 50.5 Å². The first-order valence-corrected chi connectivity index (χ1v) is 14.9. The van der Waals surface area contributed by atoms with Crippen LogP contribution in [0.25, 0.3) is 0 Å². The lowest BCUT2D eigenvalue weighted by molar-refractivity contribution is -0.167. The Bertz CT molecular complexity index is 875. The topological polar surface area (TPSA) is 43.4 Å². The summed E-state index contributed by atoms with van der Waals surface area (Å²) in [6.45, 7) is 14.4. The zero-order chi connectivity index (χ0) is 26.5. The zero-order valence-electron chi connectivity index (χ0n) is 24.0. The average molecular weight is 503 g/mol. The summed E-state index contributed by atoms with van der Waals surface area (Å²) in [5.74, 6) is 2.96. The predicted octanol–water partition coefficient (Wildman–Crippen LogP) is 8.26. The Balaban J connectivity index is 1.44. The van der Waals surface area contributed by atoms with Crippen LogP contribution in [-0.2, 0) is 14.3 Å². The van der Waals surface area contributed by atoms with Gasteiger partial charge in [-0.25, -0.2) is 9.18 Å². The standard InChI is InChI=1S/C32H51FO3/c1-20(2)9-8-10-21(3)26-13-14-27-25-12-11-23-19-24(36-29(35)32(7,33)22(4)34)15-17-30(23,5)28(25)16-18-31(26,27)6/h11,20-21,24-28H,8-10,12-19H2,1-7H3/t21-,24+,25+,26-,27+,28+,30+,31-,32?/m1/s1. The SMILES string of the molecule is CC(=O)C(C)(F)C(=O)O[C@H]1CC[C@@]2(C)C(=CC[C@H]3[C@@H]4CC[C@H]([C@H](C)CCCC(C)C)[C@@]4(C)CC[C@@H]32)C1. The largest absolute Gasteiger partial charge is 0.459 e. The van der Waals surface area contributed by atoms with E-state index in [1.807, 2.05) is 0 Å². The van der Waals surface area contributed by atoms with E-state index in [0.717, 1.165) is 62.7 Å². The molecule has 4 heteroatoms. The van der Waals surface area contributed by atoms with E-state index in [4.69, 9.17) is 4.74 Å². The summed E-state index contributed by atoms with van der Waals surface area (Å²) in [4.78, 5) is 23.9. The van der Waals surface area contributed by atoms with Gasteiger partial charge in [-0.3, -0.25) is 4.79 Å². The molecular weight excluding hydrogens is 451 g/mol. The van der Waals surface area contributed by atoms with Crippen LogP contribution in [0, 0.1) is 46.3 Å². The minimum atomic E-state index is -2.55. The normalized spacial score (nSPS) is 40.4. The molecule has 0 N–H and O–H groups in total. The van der Waals surface area contributed by atoms with Crippen molar-refractivity contribution in [2.45, 2.75) is 131 Å². The summed E-state index contributed by atoms with van der Waals surface area (Å²) < 4.78 is 20.1. The molecule has 3 saturated carbocycles. The number of ether oxygens (including phenoxy) is 1. The van der Waals surface area contributed by atoms with Crippen molar-refractivity contribution >= 4 is 11.8 Å². The molecule has 0 spiro atoms. The van der Waals surface area contributed by atoms with Crippen LogP contribution in [0.3, 0.4) is 0 Å². The van der Waals surface area contributed by atoms with Gasteiger partial charge < -0.3 is 4.74 Å². The second-order valence-corrected chi connectivity index (χ2v) is 14.1. The van der Waals surface area contributed by atoms with Crippen molar-refractivity contribution in [2.75, 3.05) is 0 Å². The maximum absolute atomic E-state index is 14.5. The van der Waals surface area contributed by atoms with Gasteiger partial charge in [-0.1, -0.05) is 65.5 Å². The Kier molecular flexibility index (Phi) is 7.87. The number of esters is 1. The number of alkyl halides is 1. The van der Waals surface area contributed by atoms with E-state index in [-0.39, 0.29) is 11.5 Å². The molecule has 1 unspecified atom stereocenters. The number of allylic oxidation sites excluding steroid dienone is 1. The highest BCUT2D eigenvalue weighted by Gasteiger charge is 2.59. The molecule has 0 aliphatic heterocycles. The monoisotopic (exact) mass is 502 g/mol. The Labute approximate surface area is 219 Å². The highest BCUT2D eigenvalue weighted by Crippen LogP contribution is 2.67. The van der Waals surface area contributed by atoms with Gasteiger partial charge in [-0.2, -0.15) is 0 Å². The Morgan fingerprint density at radius 3 is 2.47 bits per heavy atom. The van der Waals surface area contributed by atoms with Gasteiger partial charge in [0.1, 0.15) is 6.10 Å². The summed E-state index contributed by atoms with van der Waals surface area (Å²) in [7, 11) is 0. The van der Waals surface area contributed by atoms with E-state index in [0.29, 0.717) is 17.8 Å². The minimum Gasteiger partial charge on any atom is -0.459 e. The van der Waals surface area contributed by atoms with Gasteiger partial charge in [0.25, 0.3) is 5.67 Å². The van der Waals surface area contributed by atoms with Crippen LogP contribution in [-0.4, -0.2) is 23.5 Å². The molecule has 0 heterocycles. The van der Waals surface area contributed by atoms with Crippen LogP contribution in [0.15, 0.2) is 11.6 Å². The molecular formula is C32H51FO3. The van der Waals surface area contributed by atoms with Crippen molar-refractivity contribution in [3.8, 4) is 0 Å². The molecule has 0 radical (unpaired) electrons. The quantitative estimate of drug-likeness (QED) is 0.191. The minimum absolute atomic E-state index is 0.160. The van der Waals surface area contributed by atoms with Crippen LogP contribution < -0.4 is 0 Å². The number of hydrogen-bond acceptors (Lipinski definition) is 3. The third-order valence-corrected chi connectivity index (χ3v) is 11.6. The molecule has 4 rings (SSSR count). The molecule has 0 saturated heterocycles. The number of hydrogen-bond donors (Lipinski definition) is 0. The van der Waals surface area contributed by atoms with Gasteiger partial charge in [-0.15, -0.1) is 0 Å². The molecule has 0 aromatic heterocycles. The second-order valence-electron chi connectivity index (χ2n) is 14.1. The van der Waals surface area contributed by atoms with E-state index < -0.39 is 17.4 Å². The Hall–Kier alpha value is -1.19. The van der Waals surface area contributed by atoms with Gasteiger partial charge in [0.15, 0.2) is 5.78 Å². The smallest absolute Gasteiger partial charge is 0.351 e. The van der Waals surface area contributed by atoms with E-state index in [9.17, 15) is 14.0 Å². The lowest BCUT2D eigenvalue weighted by Crippen LogP contribution is -2.51. The number of fused-ring (bicyclic) bond motifs is 5. The lowest BCUT2D eigenvalue weighted by atomic mass is 9.47. The fourth-order valence-electron chi connectivity index (χ4n) is 9.16.